The molecule has 0 amide bonds. The van der Waals surface area contributed by atoms with Crippen LogP contribution in [0.2, 0.25) is 0 Å². The molecule has 5 nitrogen and oxygen atoms in total. The van der Waals surface area contributed by atoms with Crippen LogP contribution in [-0.2, 0) is 6.54 Å². The van der Waals surface area contributed by atoms with Crippen molar-refractivity contribution in [2.75, 3.05) is 5.73 Å². The van der Waals surface area contributed by atoms with Gasteiger partial charge in [0.1, 0.15) is 0 Å². The molecule has 2 rings (SSSR count). The smallest absolute Gasteiger partial charge is 0.240 e. The molecule has 0 spiro atoms. The summed E-state index contributed by atoms with van der Waals surface area (Å²) < 4.78 is 1.71. The van der Waals surface area contributed by atoms with Gasteiger partial charge in [0.05, 0.1) is 6.54 Å². The molecule has 1 heterocycles. The van der Waals surface area contributed by atoms with Gasteiger partial charge in [0.25, 0.3) is 0 Å². The van der Waals surface area contributed by atoms with E-state index in [1.54, 1.807) is 4.68 Å². The Morgan fingerprint density at radius 2 is 2.07 bits per heavy atom. The molecule has 1 aromatic rings. The third-order valence-electron chi connectivity index (χ3n) is 3.15. The minimum Gasteiger partial charge on any atom is -0.367 e. The third-order valence-corrected chi connectivity index (χ3v) is 3.15. The monoisotopic (exact) mass is 195 g/mol. The van der Waals surface area contributed by atoms with Crippen LogP contribution in [0.5, 0.6) is 0 Å². The minimum atomic E-state index is 0.335. The molecule has 1 fully saturated rings. The highest BCUT2D eigenvalue weighted by Crippen LogP contribution is 2.37. The zero-order valence-corrected chi connectivity index (χ0v) is 8.61. The van der Waals surface area contributed by atoms with Crippen LogP contribution in [0.4, 0.5) is 5.95 Å². The van der Waals surface area contributed by atoms with E-state index in [2.05, 4.69) is 22.4 Å². The number of nitrogen functional groups attached to an aromatic ring is 1. The first-order chi connectivity index (χ1) is 6.70. The second kappa shape index (κ2) is 3.55. The number of rotatable bonds is 2. The Hall–Kier alpha value is -1.13. The summed E-state index contributed by atoms with van der Waals surface area (Å²) in [6.45, 7) is 3.15. The van der Waals surface area contributed by atoms with Gasteiger partial charge < -0.3 is 5.73 Å². The molecular weight excluding hydrogens is 178 g/mol. The van der Waals surface area contributed by atoms with Crippen LogP contribution in [0.1, 0.15) is 39.0 Å². The Balaban J connectivity index is 2.05. The third kappa shape index (κ3) is 1.86. The zero-order valence-electron chi connectivity index (χ0n) is 8.61. The van der Waals surface area contributed by atoms with Crippen LogP contribution < -0.4 is 5.73 Å². The van der Waals surface area contributed by atoms with Crippen LogP contribution in [0, 0.1) is 5.41 Å². The van der Waals surface area contributed by atoms with Gasteiger partial charge in [0.15, 0.2) is 0 Å². The van der Waals surface area contributed by atoms with Crippen molar-refractivity contribution in [1.82, 2.24) is 20.2 Å². The standard InChI is InChI=1S/C9H17N5/c1-9(5-3-2-4-6-9)7-14-8(10)11-12-13-14/h2-7H2,1H3,(H2,10,11,13). The van der Waals surface area contributed by atoms with Crippen LogP contribution in [-0.4, -0.2) is 20.2 Å². The molecule has 0 bridgehead atoms. The van der Waals surface area contributed by atoms with Crippen LogP contribution >= 0.6 is 0 Å². The molecule has 0 aromatic carbocycles. The summed E-state index contributed by atoms with van der Waals surface area (Å²) in [6, 6.07) is 0. The predicted octanol–water partition coefficient (Wildman–Crippen LogP) is 1.23. The summed E-state index contributed by atoms with van der Waals surface area (Å²) in [6.07, 6.45) is 6.51. The van der Waals surface area contributed by atoms with Gasteiger partial charge in [-0.1, -0.05) is 31.3 Å². The lowest BCUT2D eigenvalue weighted by atomic mass is 9.76. The van der Waals surface area contributed by atoms with Gasteiger partial charge in [-0.15, -0.1) is 0 Å². The molecule has 2 N–H and O–H groups in total. The number of nitrogens with zero attached hydrogens (tertiary/aromatic N) is 4. The maximum atomic E-state index is 5.64. The number of hydrogen-bond donors (Lipinski definition) is 1. The van der Waals surface area contributed by atoms with E-state index in [4.69, 9.17) is 5.73 Å². The van der Waals surface area contributed by atoms with Crippen molar-refractivity contribution in [2.45, 2.75) is 45.6 Å². The molecule has 1 saturated carbocycles. The minimum absolute atomic E-state index is 0.335. The van der Waals surface area contributed by atoms with E-state index < -0.39 is 0 Å². The second-order valence-corrected chi connectivity index (χ2v) is 4.57. The van der Waals surface area contributed by atoms with Crippen LogP contribution in [0.3, 0.4) is 0 Å². The van der Waals surface area contributed by atoms with Crippen molar-refractivity contribution < 1.29 is 0 Å². The van der Waals surface area contributed by atoms with E-state index >= 15 is 0 Å². The first-order valence-corrected chi connectivity index (χ1v) is 5.21. The molecule has 78 valence electrons. The summed E-state index contributed by atoms with van der Waals surface area (Å²) in [4.78, 5) is 0. The van der Waals surface area contributed by atoms with E-state index in [1.165, 1.54) is 32.1 Å². The topological polar surface area (TPSA) is 69.6 Å². The van der Waals surface area contributed by atoms with Crippen molar-refractivity contribution in [3.8, 4) is 0 Å². The Kier molecular flexibility index (Phi) is 2.39. The molecule has 14 heavy (non-hydrogen) atoms. The van der Waals surface area contributed by atoms with Crippen molar-refractivity contribution in [1.29, 1.82) is 0 Å². The molecule has 0 radical (unpaired) electrons. The van der Waals surface area contributed by atoms with Gasteiger partial charge >= 0.3 is 0 Å². The number of anilines is 1. The average molecular weight is 195 g/mol. The number of tetrazole rings is 1. The van der Waals surface area contributed by atoms with Gasteiger partial charge in [-0.2, -0.15) is 0 Å². The fourth-order valence-electron chi connectivity index (χ4n) is 2.25. The highest BCUT2D eigenvalue weighted by atomic mass is 15.6. The van der Waals surface area contributed by atoms with Gasteiger partial charge in [-0.3, -0.25) is 0 Å². The fraction of sp³-hybridized carbons (Fsp3) is 0.889. The van der Waals surface area contributed by atoms with E-state index in [0.717, 1.165) is 6.54 Å². The van der Waals surface area contributed by atoms with Gasteiger partial charge in [0, 0.05) is 0 Å². The number of hydrogen-bond acceptors (Lipinski definition) is 4. The predicted molar refractivity (Wildman–Crippen MR) is 53.4 cm³/mol. The zero-order chi connectivity index (χ0) is 10.0. The normalized spacial score (nSPS) is 20.9. The average Bonchev–Trinajstić information content (AvgIpc) is 2.52. The summed E-state index contributed by atoms with van der Waals surface area (Å²) in [5.74, 6) is 0.428. The fourth-order valence-corrected chi connectivity index (χ4v) is 2.25. The summed E-state index contributed by atoms with van der Waals surface area (Å²) in [7, 11) is 0. The Morgan fingerprint density at radius 3 is 2.64 bits per heavy atom. The summed E-state index contributed by atoms with van der Waals surface area (Å²) in [5.41, 5.74) is 5.98. The van der Waals surface area contributed by atoms with Crippen LogP contribution in [0.15, 0.2) is 0 Å². The summed E-state index contributed by atoms with van der Waals surface area (Å²) in [5, 5.41) is 11.1. The van der Waals surface area contributed by atoms with Crippen molar-refractivity contribution in [2.24, 2.45) is 5.41 Å². The highest BCUT2D eigenvalue weighted by molar-refractivity contribution is 5.10. The number of nitrogens with two attached hydrogens (primary N) is 1. The van der Waals surface area contributed by atoms with Gasteiger partial charge in [0.2, 0.25) is 5.95 Å². The molecule has 0 saturated heterocycles. The van der Waals surface area contributed by atoms with Crippen molar-refractivity contribution in [3.05, 3.63) is 0 Å². The molecule has 0 unspecified atom stereocenters. The Morgan fingerprint density at radius 1 is 1.36 bits per heavy atom. The van der Waals surface area contributed by atoms with E-state index in [0.29, 0.717) is 11.4 Å². The first-order valence-electron chi connectivity index (χ1n) is 5.21. The SMILES string of the molecule is CC1(Cn2nnnc2N)CCCCC1. The van der Waals surface area contributed by atoms with Crippen molar-refractivity contribution >= 4 is 5.95 Å². The molecule has 0 aliphatic heterocycles. The van der Waals surface area contributed by atoms with Gasteiger partial charge in [-0.25, -0.2) is 4.68 Å². The largest absolute Gasteiger partial charge is 0.367 e. The Labute approximate surface area is 83.7 Å². The Bertz CT molecular complexity index is 300. The molecule has 1 aromatic heterocycles. The quantitative estimate of drug-likeness (QED) is 0.770. The summed E-state index contributed by atoms with van der Waals surface area (Å²) >= 11 is 0. The molecule has 0 atom stereocenters. The van der Waals surface area contributed by atoms with Gasteiger partial charge in [-0.05, 0) is 28.7 Å². The maximum Gasteiger partial charge on any atom is 0.240 e. The molecule has 1 aliphatic carbocycles. The second-order valence-electron chi connectivity index (χ2n) is 4.57. The van der Waals surface area contributed by atoms with E-state index in [9.17, 15) is 0 Å². The number of aromatic nitrogens is 4. The van der Waals surface area contributed by atoms with E-state index in [1.807, 2.05) is 0 Å². The first kappa shape index (κ1) is 9.43. The highest BCUT2D eigenvalue weighted by Gasteiger charge is 2.28. The van der Waals surface area contributed by atoms with Crippen LogP contribution in [0.25, 0.3) is 0 Å². The molecule has 5 heteroatoms. The van der Waals surface area contributed by atoms with E-state index in [-0.39, 0.29) is 0 Å². The lowest BCUT2D eigenvalue weighted by Crippen LogP contribution is -2.27. The molecule has 1 aliphatic rings. The maximum absolute atomic E-state index is 5.64. The van der Waals surface area contributed by atoms with Crippen molar-refractivity contribution in [3.63, 3.8) is 0 Å². The molecular formula is C9H17N5. The lowest BCUT2D eigenvalue weighted by molar-refractivity contribution is 0.175. The lowest BCUT2D eigenvalue weighted by Gasteiger charge is -2.33.